The van der Waals surface area contributed by atoms with Crippen molar-refractivity contribution in [3.05, 3.63) is 35.4 Å². The molecule has 0 aliphatic heterocycles. The summed E-state index contributed by atoms with van der Waals surface area (Å²) in [6.45, 7) is 8.90. The quantitative estimate of drug-likeness (QED) is 0.582. The molecule has 2 nitrogen and oxygen atoms in total. The first-order valence-electron chi connectivity index (χ1n) is 6.23. The molecule has 0 bridgehead atoms. The Hall–Kier alpha value is -1.31. The summed E-state index contributed by atoms with van der Waals surface area (Å²) in [7, 11) is 0. The highest BCUT2D eigenvalue weighted by atomic mass is 16.5. The molecule has 0 spiro atoms. The predicted molar refractivity (Wildman–Crippen MR) is 70.3 cm³/mol. The van der Waals surface area contributed by atoms with Crippen LogP contribution in [0.5, 0.6) is 0 Å². The van der Waals surface area contributed by atoms with Crippen LogP contribution in [0.1, 0.15) is 56.5 Å². The molecule has 0 aliphatic rings. The van der Waals surface area contributed by atoms with Gasteiger partial charge in [0.25, 0.3) is 0 Å². The van der Waals surface area contributed by atoms with E-state index in [1.54, 1.807) is 0 Å². The summed E-state index contributed by atoms with van der Waals surface area (Å²) in [5, 5.41) is 0. The van der Waals surface area contributed by atoms with Gasteiger partial charge in [-0.25, -0.2) is 4.79 Å². The van der Waals surface area contributed by atoms with E-state index in [2.05, 4.69) is 27.7 Å². The molecule has 1 rings (SSSR count). The van der Waals surface area contributed by atoms with Crippen LogP contribution in [0.4, 0.5) is 0 Å². The molecule has 0 fully saturated rings. The number of ether oxygens (including phenoxy) is 1. The van der Waals surface area contributed by atoms with Crippen molar-refractivity contribution in [1.29, 1.82) is 0 Å². The van der Waals surface area contributed by atoms with Crippen molar-refractivity contribution >= 4 is 5.97 Å². The van der Waals surface area contributed by atoms with Gasteiger partial charge in [0.1, 0.15) is 0 Å². The van der Waals surface area contributed by atoms with E-state index in [0.717, 1.165) is 18.4 Å². The lowest BCUT2D eigenvalue weighted by molar-refractivity contribution is 0.0497. The van der Waals surface area contributed by atoms with Crippen molar-refractivity contribution in [2.75, 3.05) is 6.61 Å². The first kappa shape index (κ1) is 13.8. The average molecular weight is 234 g/mol. The fourth-order valence-corrected chi connectivity index (χ4v) is 1.70. The molecule has 0 saturated heterocycles. The number of unbranched alkanes of at least 4 members (excludes halogenated alkanes) is 1. The number of carbonyl (C=O) groups is 1. The molecule has 0 atom stereocenters. The number of carbonyl (C=O) groups excluding carboxylic acids is 1. The summed E-state index contributed by atoms with van der Waals surface area (Å²) in [6.07, 6.45) is 1.96. The van der Waals surface area contributed by atoms with Crippen molar-refractivity contribution in [1.82, 2.24) is 0 Å². The molecule has 0 saturated carbocycles. The van der Waals surface area contributed by atoms with E-state index in [-0.39, 0.29) is 11.4 Å². The van der Waals surface area contributed by atoms with Crippen LogP contribution >= 0.6 is 0 Å². The van der Waals surface area contributed by atoms with Crippen molar-refractivity contribution in [2.24, 2.45) is 0 Å². The maximum absolute atomic E-state index is 12.0. The molecule has 1 aromatic rings. The number of benzene rings is 1. The van der Waals surface area contributed by atoms with Crippen molar-refractivity contribution in [2.45, 2.75) is 46.0 Å². The lowest BCUT2D eigenvalue weighted by Crippen LogP contribution is -2.18. The van der Waals surface area contributed by atoms with Gasteiger partial charge in [0, 0.05) is 0 Å². The molecular formula is C15H22O2. The Morgan fingerprint density at radius 2 is 1.88 bits per heavy atom. The topological polar surface area (TPSA) is 26.3 Å². The fraction of sp³-hybridized carbons (Fsp3) is 0.533. The Morgan fingerprint density at radius 3 is 2.47 bits per heavy atom. The number of hydrogen-bond acceptors (Lipinski definition) is 2. The Bertz CT molecular complexity index is 375. The monoisotopic (exact) mass is 234 g/mol. The fourth-order valence-electron chi connectivity index (χ4n) is 1.70. The Labute approximate surface area is 104 Å². The van der Waals surface area contributed by atoms with E-state index in [1.807, 2.05) is 24.3 Å². The summed E-state index contributed by atoms with van der Waals surface area (Å²) in [6, 6.07) is 7.68. The minimum atomic E-state index is -0.205. The van der Waals surface area contributed by atoms with Crippen LogP contribution in [0.3, 0.4) is 0 Å². The molecule has 0 radical (unpaired) electrons. The zero-order valence-electron chi connectivity index (χ0n) is 11.2. The largest absolute Gasteiger partial charge is 0.462 e. The van der Waals surface area contributed by atoms with Gasteiger partial charge in [0.05, 0.1) is 12.2 Å². The lowest BCUT2D eigenvalue weighted by atomic mass is 9.84. The minimum Gasteiger partial charge on any atom is -0.462 e. The standard InChI is InChI=1S/C15H22O2/c1-5-6-11-17-14(16)12-9-7-8-10-13(12)15(2,3)4/h7-10H,5-6,11H2,1-4H3. The number of rotatable bonds is 4. The third-order valence-corrected chi connectivity index (χ3v) is 2.69. The number of esters is 1. The molecule has 0 aliphatic carbocycles. The van der Waals surface area contributed by atoms with Gasteiger partial charge < -0.3 is 4.74 Å². The highest BCUT2D eigenvalue weighted by Gasteiger charge is 2.21. The van der Waals surface area contributed by atoms with Gasteiger partial charge in [-0.3, -0.25) is 0 Å². The Kier molecular flexibility index (Phi) is 4.73. The van der Waals surface area contributed by atoms with Crippen LogP contribution < -0.4 is 0 Å². The van der Waals surface area contributed by atoms with Gasteiger partial charge in [-0.15, -0.1) is 0 Å². The van der Waals surface area contributed by atoms with Crippen molar-refractivity contribution in [3.63, 3.8) is 0 Å². The van der Waals surface area contributed by atoms with Gasteiger partial charge in [0.2, 0.25) is 0 Å². The highest BCUT2D eigenvalue weighted by molar-refractivity contribution is 5.91. The van der Waals surface area contributed by atoms with Crippen molar-refractivity contribution < 1.29 is 9.53 Å². The first-order chi connectivity index (χ1) is 7.96. The van der Waals surface area contributed by atoms with Gasteiger partial charge in [-0.1, -0.05) is 52.3 Å². The SMILES string of the molecule is CCCCOC(=O)c1ccccc1C(C)(C)C. The van der Waals surface area contributed by atoms with E-state index in [0.29, 0.717) is 12.2 Å². The van der Waals surface area contributed by atoms with Crippen LogP contribution in [0.15, 0.2) is 24.3 Å². The molecule has 0 unspecified atom stereocenters. The predicted octanol–water partition coefficient (Wildman–Crippen LogP) is 3.94. The molecule has 0 heterocycles. The second-order valence-electron chi connectivity index (χ2n) is 5.29. The van der Waals surface area contributed by atoms with Gasteiger partial charge in [-0.2, -0.15) is 0 Å². The molecule has 94 valence electrons. The smallest absolute Gasteiger partial charge is 0.338 e. The average Bonchev–Trinajstić information content (AvgIpc) is 2.28. The first-order valence-corrected chi connectivity index (χ1v) is 6.23. The van der Waals surface area contributed by atoms with Gasteiger partial charge >= 0.3 is 5.97 Å². The lowest BCUT2D eigenvalue weighted by Gasteiger charge is -2.21. The Morgan fingerprint density at radius 1 is 1.24 bits per heavy atom. The van der Waals surface area contributed by atoms with Crippen LogP contribution in [-0.4, -0.2) is 12.6 Å². The van der Waals surface area contributed by atoms with Crippen LogP contribution in [0, 0.1) is 0 Å². The zero-order valence-corrected chi connectivity index (χ0v) is 11.2. The van der Waals surface area contributed by atoms with Crippen LogP contribution in [-0.2, 0) is 10.2 Å². The van der Waals surface area contributed by atoms with Crippen LogP contribution in [0.25, 0.3) is 0 Å². The van der Waals surface area contributed by atoms with E-state index < -0.39 is 0 Å². The molecule has 1 aromatic carbocycles. The van der Waals surface area contributed by atoms with E-state index in [4.69, 9.17) is 4.74 Å². The second kappa shape index (κ2) is 5.85. The number of hydrogen-bond donors (Lipinski definition) is 0. The van der Waals surface area contributed by atoms with Gasteiger partial charge in [0.15, 0.2) is 0 Å². The zero-order chi connectivity index (χ0) is 12.9. The summed E-state index contributed by atoms with van der Waals surface area (Å²) in [5.41, 5.74) is 1.69. The Balaban J connectivity index is 2.86. The normalized spacial score (nSPS) is 11.3. The molecule has 0 amide bonds. The maximum Gasteiger partial charge on any atom is 0.338 e. The van der Waals surface area contributed by atoms with Crippen molar-refractivity contribution in [3.8, 4) is 0 Å². The maximum atomic E-state index is 12.0. The summed E-state index contributed by atoms with van der Waals surface area (Å²) < 4.78 is 5.27. The molecule has 2 heteroatoms. The minimum absolute atomic E-state index is 0.0413. The third kappa shape index (κ3) is 3.88. The summed E-state index contributed by atoms with van der Waals surface area (Å²) in [4.78, 5) is 12.0. The third-order valence-electron chi connectivity index (χ3n) is 2.69. The van der Waals surface area contributed by atoms with Gasteiger partial charge in [-0.05, 0) is 23.5 Å². The van der Waals surface area contributed by atoms with E-state index in [9.17, 15) is 4.79 Å². The molecule has 0 N–H and O–H groups in total. The van der Waals surface area contributed by atoms with E-state index >= 15 is 0 Å². The summed E-state index contributed by atoms with van der Waals surface area (Å²) >= 11 is 0. The molecule has 17 heavy (non-hydrogen) atoms. The molecular weight excluding hydrogens is 212 g/mol. The second-order valence-corrected chi connectivity index (χ2v) is 5.29. The molecule has 0 aromatic heterocycles. The highest BCUT2D eigenvalue weighted by Crippen LogP contribution is 2.26. The van der Waals surface area contributed by atoms with E-state index in [1.165, 1.54) is 0 Å². The van der Waals surface area contributed by atoms with Crippen LogP contribution in [0.2, 0.25) is 0 Å². The summed E-state index contributed by atoms with van der Waals surface area (Å²) in [5.74, 6) is -0.205.